The van der Waals surface area contributed by atoms with E-state index in [0.717, 1.165) is 38.8 Å². The Morgan fingerprint density at radius 2 is 1.81 bits per heavy atom. The van der Waals surface area contributed by atoms with Gasteiger partial charge in [0.25, 0.3) is 0 Å². The van der Waals surface area contributed by atoms with Crippen molar-refractivity contribution in [3.8, 4) is 0 Å². The molecular formula is C11H24N2O2S. The fourth-order valence-corrected chi connectivity index (χ4v) is 3.87. The van der Waals surface area contributed by atoms with Crippen molar-refractivity contribution in [1.82, 2.24) is 10.2 Å². The first-order valence-electron chi connectivity index (χ1n) is 6.09. The maximum atomic E-state index is 11.9. The Bertz CT molecular complexity index is 282. The molecular weight excluding hydrogens is 224 g/mol. The van der Waals surface area contributed by atoms with E-state index in [0.29, 0.717) is 12.3 Å². The third kappa shape index (κ3) is 4.80. The van der Waals surface area contributed by atoms with E-state index in [1.54, 1.807) is 0 Å². The van der Waals surface area contributed by atoms with Crippen LogP contribution in [0.4, 0.5) is 0 Å². The zero-order valence-electron chi connectivity index (χ0n) is 10.4. The van der Waals surface area contributed by atoms with Crippen LogP contribution < -0.4 is 5.32 Å². The highest BCUT2D eigenvalue weighted by Crippen LogP contribution is 2.24. The predicted octanol–water partition coefficient (Wildman–Crippen LogP) is 0.495. The Labute approximate surface area is 99.3 Å². The number of nitrogens with one attached hydrogen (secondary N) is 1. The summed E-state index contributed by atoms with van der Waals surface area (Å²) >= 11 is 0. The molecule has 0 saturated heterocycles. The van der Waals surface area contributed by atoms with Crippen molar-refractivity contribution >= 4 is 9.84 Å². The first-order chi connectivity index (χ1) is 7.52. The molecule has 5 heteroatoms. The van der Waals surface area contributed by atoms with Gasteiger partial charge in [-0.2, -0.15) is 0 Å². The lowest BCUT2D eigenvalue weighted by Crippen LogP contribution is -2.32. The lowest BCUT2D eigenvalue weighted by atomic mass is 10.4. The number of hydrogen-bond donors (Lipinski definition) is 1. The fraction of sp³-hybridized carbons (Fsp3) is 1.00. The van der Waals surface area contributed by atoms with Crippen LogP contribution in [-0.4, -0.2) is 58.1 Å². The summed E-state index contributed by atoms with van der Waals surface area (Å²) in [6.07, 6.45) is 3.91. The SMILES string of the molecule is CN(C)CCNCCS(=O)(=O)C1CCCC1. The molecule has 0 bridgehead atoms. The molecule has 96 valence electrons. The molecule has 0 spiro atoms. The van der Waals surface area contributed by atoms with Gasteiger partial charge in [-0.3, -0.25) is 0 Å². The normalized spacial score (nSPS) is 18.4. The molecule has 16 heavy (non-hydrogen) atoms. The Morgan fingerprint density at radius 3 is 2.38 bits per heavy atom. The number of sulfone groups is 1. The Balaban J connectivity index is 2.16. The van der Waals surface area contributed by atoms with Crippen LogP contribution >= 0.6 is 0 Å². The van der Waals surface area contributed by atoms with Gasteiger partial charge in [-0.25, -0.2) is 8.42 Å². The highest BCUT2D eigenvalue weighted by atomic mass is 32.2. The Morgan fingerprint density at radius 1 is 1.19 bits per heavy atom. The highest BCUT2D eigenvalue weighted by molar-refractivity contribution is 7.92. The molecule has 0 aromatic heterocycles. The standard InChI is InChI=1S/C11H24N2O2S/c1-13(2)9-7-12-8-10-16(14,15)11-5-3-4-6-11/h11-12H,3-10H2,1-2H3. The molecule has 0 aromatic carbocycles. The van der Waals surface area contributed by atoms with Crippen LogP contribution in [0.3, 0.4) is 0 Å². The van der Waals surface area contributed by atoms with Gasteiger partial charge in [-0.05, 0) is 26.9 Å². The first-order valence-corrected chi connectivity index (χ1v) is 7.81. The second kappa shape index (κ2) is 6.57. The van der Waals surface area contributed by atoms with Crippen molar-refractivity contribution in [2.45, 2.75) is 30.9 Å². The molecule has 1 fully saturated rings. The van der Waals surface area contributed by atoms with E-state index in [1.807, 2.05) is 14.1 Å². The van der Waals surface area contributed by atoms with Crippen molar-refractivity contribution < 1.29 is 8.42 Å². The van der Waals surface area contributed by atoms with Crippen LogP contribution in [0.25, 0.3) is 0 Å². The summed E-state index contributed by atoms with van der Waals surface area (Å²) in [6, 6.07) is 0. The van der Waals surface area contributed by atoms with Crippen LogP contribution in [0.2, 0.25) is 0 Å². The summed E-state index contributed by atoms with van der Waals surface area (Å²) in [5, 5.41) is 3.12. The van der Waals surface area contributed by atoms with Crippen LogP contribution in [0.15, 0.2) is 0 Å². The molecule has 0 aliphatic heterocycles. The molecule has 0 aromatic rings. The smallest absolute Gasteiger partial charge is 0.154 e. The van der Waals surface area contributed by atoms with Gasteiger partial charge >= 0.3 is 0 Å². The average molecular weight is 248 g/mol. The molecule has 1 aliphatic carbocycles. The molecule has 1 rings (SSSR count). The van der Waals surface area contributed by atoms with Crippen LogP contribution in [0.1, 0.15) is 25.7 Å². The Hall–Kier alpha value is -0.130. The van der Waals surface area contributed by atoms with Gasteiger partial charge in [0.05, 0.1) is 11.0 Å². The number of nitrogens with zero attached hydrogens (tertiary/aromatic N) is 1. The largest absolute Gasteiger partial charge is 0.314 e. The third-order valence-corrected chi connectivity index (χ3v) is 5.37. The molecule has 1 aliphatic rings. The van der Waals surface area contributed by atoms with Crippen molar-refractivity contribution in [1.29, 1.82) is 0 Å². The van der Waals surface area contributed by atoms with Crippen LogP contribution in [-0.2, 0) is 9.84 Å². The lowest BCUT2D eigenvalue weighted by Gasteiger charge is -2.13. The molecule has 4 nitrogen and oxygen atoms in total. The number of rotatable bonds is 7. The van der Waals surface area contributed by atoms with Gasteiger partial charge in [0, 0.05) is 19.6 Å². The van der Waals surface area contributed by atoms with Crippen LogP contribution in [0.5, 0.6) is 0 Å². The summed E-state index contributed by atoms with van der Waals surface area (Å²) in [5.74, 6) is 0.297. The van der Waals surface area contributed by atoms with Crippen LogP contribution in [0, 0.1) is 0 Å². The number of likely N-dealkylation sites (N-methyl/N-ethyl adjacent to an activating group) is 1. The summed E-state index contributed by atoms with van der Waals surface area (Å²) in [5.41, 5.74) is 0. The second-order valence-electron chi connectivity index (χ2n) is 4.83. The van der Waals surface area contributed by atoms with E-state index in [2.05, 4.69) is 10.2 Å². The van der Waals surface area contributed by atoms with E-state index >= 15 is 0 Å². The van der Waals surface area contributed by atoms with E-state index < -0.39 is 9.84 Å². The second-order valence-corrected chi connectivity index (χ2v) is 7.23. The van der Waals surface area contributed by atoms with Gasteiger partial charge < -0.3 is 10.2 Å². The average Bonchev–Trinajstić information content (AvgIpc) is 2.69. The fourth-order valence-electron chi connectivity index (χ4n) is 2.06. The minimum Gasteiger partial charge on any atom is -0.314 e. The quantitative estimate of drug-likeness (QED) is 0.666. The summed E-state index contributed by atoms with van der Waals surface area (Å²) in [4.78, 5) is 2.08. The first kappa shape index (κ1) is 13.9. The summed E-state index contributed by atoms with van der Waals surface area (Å²) < 4.78 is 23.8. The molecule has 0 atom stereocenters. The van der Waals surface area contributed by atoms with E-state index in [4.69, 9.17) is 0 Å². The Kier molecular flexibility index (Phi) is 5.72. The van der Waals surface area contributed by atoms with Gasteiger partial charge in [-0.15, -0.1) is 0 Å². The molecule has 1 N–H and O–H groups in total. The van der Waals surface area contributed by atoms with Crippen molar-refractivity contribution in [3.05, 3.63) is 0 Å². The maximum Gasteiger partial charge on any atom is 0.154 e. The minimum atomic E-state index is -2.84. The molecule has 0 amide bonds. The van der Waals surface area contributed by atoms with E-state index in [9.17, 15) is 8.42 Å². The highest BCUT2D eigenvalue weighted by Gasteiger charge is 2.27. The molecule has 0 radical (unpaired) electrons. The van der Waals surface area contributed by atoms with Gasteiger partial charge in [0.15, 0.2) is 9.84 Å². The minimum absolute atomic E-state index is 0.0526. The summed E-state index contributed by atoms with van der Waals surface area (Å²) in [7, 11) is 1.18. The lowest BCUT2D eigenvalue weighted by molar-refractivity contribution is 0.402. The zero-order valence-corrected chi connectivity index (χ0v) is 11.2. The van der Waals surface area contributed by atoms with Crippen molar-refractivity contribution in [2.24, 2.45) is 0 Å². The topological polar surface area (TPSA) is 49.4 Å². The monoisotopic (exact) mass is 248 g/mol. The molecule has 0 unspecified atom stereocenters. The third-order valence-electron chi connectivity index (χ3n) is 3.11. The van der Waals surface area contributed by atoms with Gasteiger partial charge in [0.2, 0.25) is 0 Å². The molecule has 1 saturated carbocycles. The molecule has 0 heterocycles. The van der Waals surface area contributed by atoms with E-state index in [-0.39, 0.29) is 5.25 Å². The van der Waals surface area contributed by atoms with E-state index in [1.165, 1.54) is 0 Å². The predicted molar refractivity (Wildman–Crippen MR) is 67.5 cm³/mol. The van der Waals surface area contributed by atoms with Gasteiger partial charge in [-0.1, -0.05) is 12.8 Å². The zero-order chi connectivity index (χ0) is 12.0. The number of hydrogen-bond acceptors (Lipinski definition) is 4. The van der Waals surface area contributed by atoms with Crippen molar-refractivity contribution in [3.63, 3.8) is 0 Å². The van der Waals surface area contributed by atoms with Gasteiger partial charge in [0.1, 0.15) is 0 Å². The maximum absolute atomic E-state index is 11.9. The summed E-state index contributed by atoms with van der Waals surface area (Å²) in [6.45, 7) is 2.39. The van der Waals surface area contributed by atoms with Crippen molar-refractivity contribution in [2.75, 3.05) is 39.5 Å².